The molecule has 1 N–H and O–H groups in total. The SMILES string of the molecule is Cc1cc(C)nc(SC(C)C(=O)Nc2ccc(Oc3ccccc3)cc2)n1. The Balaban J connectivity index is 1.58. The number of carbonyl (C=O) groups excluding carboxylic acids is 1. The van der Waals surface area contributed by atoms with Crippen molar-refractivity contribution in [2.45, 2.75) is 31.2 Å². The van der Waals surface area contributed by atoms with Crippen LogP contribution in [0.4, 0.5) is 5.69 Å². The van der Waals surface area contributed by atoms with Gasteiger partial charge in [-0.3, -0.25) is 4.79 Å². The molecule has 3 aromatic rings. The highest BCUT2D eigenvalue weighted by atomic mass is 32.2. The first kappa shape index (κ1) is 18.9. The van der Waals surface area contributed by atoms with Gasteiger partial charge in [-0.05, 0) is 63.2 Å². The number of hydrogen-bond donors (Lipinski definition) is 1. The van der Waals surface area contributed by atoms with Crippen molar-refractivity contribution >= 4 is 23.4 Å². The van der Waals surface area contributed by atoms with Crippen LogP contribution in [0.5, 0.6) is 11.5 Å². The minimum atomic E-state index is -0.313. The van der Waals surface area contributed by atoms with Crippen molar-refractivity contribution in [3.05, 3.63) is 72.1 Å². The van der Waals surface area contributed by atoms with Crippen LogP contribution in [0.15, 0.2) is 65.8 Å². The number of rotatable bonds is 6. The molecule has 2 aromatic carbocycles. The number of nitrogens with zero attached hydrogens (tertiary/aromatic N) is 2. The molecule has 0 spiro atoms. The van der Waals surface area contributed by atoms with Gasteiger partial charge in [-0.2, -0.15) is 0 Å². The van der Waals surface area contributed by atoms with E-state index < -0.39 is 0 Å². The maximum atomic E-state index is 12.4. The molecule has 1 amide bonds. The van der Waals surface area contributed by atoms with Crippen LogP contribution in [0.3, 0.4) is 0 Å². The summed E-state index contributed by atoms with van der Waals surface area (Å²) in [6.07, 6.45) is 0. The highest BCUT2D eigenvalue weighted by molar-refractivity contribution is 8.00. The second-order valence-corrected chi connectivity index (χ2v) is 7.43. The molecule has 5 nitrogen and oxygen atoms in total. The first-order valence-corrected chi connectivity index (χ1v) is 9.50. The molecular weight excluding hydrogens is 358 g/mol. The molecule has 1 heterocycles. The standard InChI is InChI=1S/C21H21N3O2S/c1-14-13-15(2)23-21(22-14)27-16(3)20(25)24-17-9-11-19(12-10-17)26-18-7-5-4-6-8-18/h4-13,16H,1-3H3,(H,24,25). The predicted octanol–water partition coefficient (Wildman–Crippen LogP) is 5.01. The van der Waals surface area contributed by atoms with Gasteiger partial charge in [0.15, 0.2) is 5.16 Å². The predicted molar refractivity (Wildman–Crippen MR) is 108 cm³/mol. The number of aryl methyl sites for hydroxylation is 2. The topological polar surface area (TPSA) is 64.1 Å². The van der Waals surface area contributed by atoms with Crippen molar-refractivity contribution in [1.29, 1.82) is 0 Å². The molecule has 3 rings (SSSR count). The molecule has 0 radical (unpaired) electrons. The molecule has 1 aromatic heterocycles. The van der Waals surface area contributed by atoms with E-state index in [2.05, 4.69) is 15.3 Å². The number of thioether (sulfide) groups is 1. The minimum absolute atomic E-state index is 0.0977. The van der Waals surface area contributed by atoms with Crippen molar-refractivity contribution in [3.63, 3.8) is 0 Å². The molecule has 0 aliphatic heterocycles. The summed E-state index contributed by atoms with van der Waals surface area (Å²) in [6.45, 7) is 5.68. The van der Waals surface area contributed by atoms with Crippen LogP contribution in [0.2, 0.25) is 0 Å². The minimum Gasteiger partial charge on any atom is -0.457 e. The van der Waals surface area contributed by atoms with E-state index in [4.69, 9.17) is 4.74 Å². The average Bonchev–Trinajstić information content (AvgIpc) is 2.63. The number of benzene rings is 2. The Labute approximate surface area is 163 Å². The normalized spacial score (nSPS) is 11.7. The smallest absolute Gasteiger partial charge is 0.237 e. The summed E-state index contributed by atoms with van der Waals surface area (Å²) in [5.74, 6) is 1.39. The van der Waals surface area contributed by atoms with E-state index in [-0.39, 0.29) is 11.2 Å². The largest absolute Gasteiger partial charge is 0.457 e. The van der Waals surface area contributed by atoms with Gasteiger partial charge in [0.2, 0.25) is 5.91 Å². The van der Waals surface area contributed by atoms with Gasteiger partial charge in [0.05, 0.1) is 5.25 Å². The third-order valence-corrected chi connectivity index (χ3v) is 4.67. The van der Waals surface area contributed by atoms with E-state index in [1.165, 1.54) is 11.8 Å². The Bertz CT molecular complexity index is 894. The Kier molecular flexibility index (Phi) is 6.08. The lowest BCUT2D eigenvalue weighted by Gasteiger charge is -2.12. The third-order valence-electron chi connectivity index (χ3n) is 3.71. The molecule has 0 aliphatic carbocycles. The van der Waals surface area contributed by atoms with Gasteiger partial charge in [0.25, 0.3) is 0 Å². The summed E-state index contributed by atoms with van der Waals surface area (Å²) >= 11 is 1.35. The number of nitrogens with one attached hydrogen (secondary N) is 1. The van der Waals surface area contributed by atoms with Gasteiger partial charge in [0.1, 0.15) is 11.5 Å². The first-order chi connectivity index (χ1) is 13.0. The second-order valence-electron chi connectivity index (χ2n) is 6.12. The van der Waals surface area contributed by atoms with E-state index in [0.29, 0.717) is 16.6 Å². The van der Waals surface area contributed by atoms with Crippen LogP contribution >= 0.6 is 11.8 Å². The molecule has 138 valence electrons. The number of amides is 1. The third kappa shape index (κ3) is 5.56. The summed E-state index contributed by atoms with van der Waals surface area (Å²) in [4.78, 5) is 21.2. The molecule has 0 saturated heterocycles. The van der Waals surface area contributed by atoms with Gasteiger partial charge < -0.3 is 10.1 Å². The second kappa shape index (κ2) is 8.68. The van der Waals surface area contributed by atoms with E-state index >= 15 is 0 Å². The van der Waals surface area contributed by atoms with E-state index in [9.17, 15) is 4.79 Å². The van der Waals surface area contributed by atoms with Gasteiger partial charge >= 0.3 is 0 Å². The lowest BCUT2D eigenvalue weighted by molar-refractivity contribution is -0.115. The Morgan fingerprint density at radius 3 is 2.19 bits per heavy atom. The summed E-state index contributed by atoms with van der Waals surface area (Å²) in [5.41, 5.74) is 2.51. The first-order valence-electron chi connectivity index (χ1n) is 8.62. The Morgan fingerprint density at radius 1 is 0.963 bits per heavy atom. The molecule has 27 heavy (non-hydrogen) atoms. The monoisotopic (exact) mass is 379 g/mol. The fraction of sp³-hybridized carbons (Fsp3) is 0.190. The molecule has 0 saturated carbocycles. The lowest BCUT2D eigenvalue weighted by atomic mass is 10.3. The number of ether oxygens (including phenoxy) is 1. The zero-order valence-corrected chi connectivity index (χ0v) is 16.3. The molecule has 0 bridgehead atoms. The zero-order valence-electron chi connectivity index (χ0n) is 15.5. The zero-order chi connectivity index (χ0) is 19.2. The van der Waals surface area contributed by atoms with Gasteiger partial charge in [-0.25, -0.2) is 9.97 Å². The van der Waals surface area contributed by atoms with Crippen LogP contribution < -0.4 is 10.1 Å². The average molecular weight is 379 g/mol. The number of carbonyl (C=O) groups is 1. The molecule has 0 aliphatic rings. The van der Waals surface area contributed by atoms with E-state index in [1.807, 2.05) is 81.4 Å². The number of para-hydroxylation sites is 1. The quantitative estimate of drug-likeness (QED) is 0.482. The van der Waals surface area contributed by atoms with Crippen molar-refractivity contribution in [2.24, 2.45) is 0 Å². The Hall–Kier alpha value is -2.86. The summed E-state index contributed by atoms with van der Waals surface area (Å²) in [6, 6.07) is 18.8. The highest BCUT2D eigenvalue weighted by Crippen LogP contribution is 2.24. The molecular formula is C21H21N3O2S. The molecule has 1 unspecified atom stereocenters. The number of hydrogen-bond acceptors (Lipinski definition) is 5. The number of aromatic nitrogens is 2. The summed E-state index contributed by atoms with van der Waals surface area (Å²) in [7, 11) is 0. The highest BCUT2D eigenvalue weighted by Gasteiger charge is 2.16. The van der Waals surface area contributed by atoms with Gasteiger partial charge in [-0.15, -0.1) is 0 Å². The van der Waals surface area contributed by atoms with Gasteiger partial charge in [-0.1, -0.05) is 30.0 Å². The van der Waals surface area contributed by atoms with Crippen molar-refractivity contribution < 1.29 is 9.53 Å². The summed E-state index contributed by atoms with van der Waals surface area (Å²) < 4.78 is 5.75. The van der Waals surface area contributed by atoms with E-state index in [0.717, 1.165) is 17.1 Å². The molecule has 1 atom stereocenters. The van der Waals surface area contributed by atoms with Crippen LogP contribution in [0, 0.1) is 13.8 Å². The van der Waals surface area contributed by atoms with Crippen molar-refractivity contribution in [3.8, 4) is 11.5 Å². The van der Waals surface area contributed by atoms with Crippen LogP contribution in [-0.4, -0.2) is 21.1 Å². The molecule has 6 heteroatoms. The van der Waals surface area contributed by atoms with Crippen molar-refractivity contribution in [2.75, 3.05) is 5.32 Å². The van der Waals surface area contributed by atoms with Crippen LogP contribution in [-0.2, 0) is 4.79 Å². The van der Waals surface area contributed by atoms with Gasteiger partial charge in [0, 0.05) is 17.1 Å². The maximum Gasteiger partial charge on any atom is 0.237 e. The van der Waals surface area contributed by atoms with Crippen LogP contribution in [0.25, 0.3) is 0 Å². The van der Waals surface area contributed by atoms with Crippen molar-refractivity contribution in [1.82, 2.24) is 9.97 Å². The Morgan fingerprint density at radius 2 is 1.56 bits per heavy atom. The fourth-order valence-electron chi connectivity index (χ4n) is 2.43. The summed E-state index contributed by atoms with van der Waals surface area (Å²) in [5, 5.41) is 3.21. The number of anilines is 1. The fourth-order valence-corrected chi connectivity index (χ4v) is 3.31. The lowest BCUT2D eigenvalue weighted by Crippen LogP contribution is -2.22. The van der Waals surface area contributed by atoms with Crippen LogP contribution in [0.1, 0.15) is 18.3 Å². The van der Waals surface area contributed by atoms with E-state index in [1.54, 1.807) is 0 Å². The molecule has 0 fully saturated rings. The maximum absolute atomic E-state index is 12.4.